The number of amides is 1. The topological polar surface area (TPSA) is 47.6 Å². The third kappa shape index (κ3) is 4.29. The molecule has 1 amide bonds. The van der Waals surface area contributed by atoms with Gasteiger partial charge in [0.05, 0.1) is 7.11 Å². The van der Waals surface area contributed by atoms with Gasteiger partial charge >= 0.3 is 0 Å². The molecule has 0 aromatic heterocycles. The largest absolute Gasteiger partial charge is 0.497 e. The molecule has 0 aliphatic carbocycles. The highest BCUT2D eigenvalue weighted by molar-refractivity contribution is 5.83. The Morgan fingerprint density at radius 3 is 2.52 bits per heavy atom. The van der Waals surface area contributed by atoms with Crippen LogP contribution < -0.4 is 14.8 Å². The molecule has 0 bridgehead atoms. The quantitative estimate of drug-likeness (QED) is 0.742. The lowest BCUT2D eigenvalue weighted by Gasteiger charge is -2.15. The van der Waals surface area contributed by atoms with E-state index in [1.165, 1.54) is 5.39 Å². The molecule has 0 unspecified atom stereocenters. The highest BCUT2D eigenvalue weighted by atomic mass is 16.5. The summed E-state index contributed by atoms with van der Waals surface area (Å²) in [6, 6.07) is 21.5. The van der Waals surface area contributed by atoms with Crippen LogP contribution in [0.15, 0.2) is 66.7 Å². The SMILES string of the molecule is COc1cccc(O[C@@H](C)C(=O)NCc2ccc3ccccc3c2)c1. The predicted octanol–water partition coefficient (Wildman–Crippen LogP) is 3.93. The van der Waals surface area contributed by atoms with E-state index < -0.39 is 6.10 Å². The normalized spacial score (nSPS) is 11.8. The lowest BCUT2D eigenvalue weighted by molar-refractivity contribution is -0.127. The summed E-state index contributed by atoms with van der Waals surface area (Å²) in [7, 11) is 1.60. The van der Waals surface area contributed by atoms with E-state index in [9.17, 15) is 4.79 Å². The van der Waals surface area contributed by atoms with Crippen molar-refractivity contribution in [3.8, 4) is 11.5 Å². The van der Waals surface area contributed by atoms with Crippen LogP contribution in [0.25, 0.3) is 10.8 Å². The van der Waals surface area contributed by atoms with Gasteiger partial charge in [-0.05, 0) is 41.5 Å². The zero-order valence-corrected chi connectivity index (χ0v) is 14.4. The van der Waals surface area contributed by atoms with E-state index in [1.54, 1.807) is 26.2 Å². The van der Waals surface area contributed by atoms with E-state index >= 15 is 0 Å². The summed E-state index contributed by atoms with van der Waals surface area (Å²) >= 11 is 0. The summed E-state index contributed by atoms with van der Waals surface area (Å²) in [5.74, 6) is 1.14. The number of hydrogen-bond acceptors (Lipinski definition) is 3. The Hall–Kier alpha value is -3.01. The van der Waals surface area contributed by atoms with Crippen LogP contribution in [-0.4, -0.2) is 19.1 Å². The first-order valence-corrected chi connectivity index (χ1v) is 8.22. The molecule has 4 heteroatoms. The number of benzene rings is 3. The molecule has 4 nitrogen and oxygen atoms in total. The van der Waals surface area contributed by atoms with Crippen LogP contribution in [0.5, 0.6) is 11.5 Å². The van der Waals surface area contributed by atoms with Crippen LogP contribution in [-0.2, 0) is 11.3 Å². The van der Waals surface area contributed by atoms with Gasteiger partial charge < -0.3 is 14.8 Å². The molecule has 3 rings (SSSR count). The Morgan fingerprint density at radius 2 is 1.72 bits per heavy atom. The smallest absolute Gasteiger partial charge is 0.261 e. The monoisotopic (exact) mass is 335 g/mol. The Kier molecular flexibility index (Phi) is 5.19. The molecule has 0 heterocycles. The minimum absolute atomic E-state index is 0.157. The molecule has 3 aromatic rings. The van der Waals surface area contributed by atoms with Gasteiger partial charge in [0.2, 0.25) is 0 Å². The lowest BCUT2D eigenvalue weighted by atomic mass is 10.1. The Morgan fingerprint density at radius 1 is 0.960 bits per heavy atom. The van der Waals surface area contributed by atoms with Gasteiger partial charge in [-0.25, -0.2) is 0 Å². The first kappa shape index (κ1) is 16.8. The van der Waals surface area contributed by atoms with Crippen LogP contribution >= 0.6 is 0 Å². The summed E-state index contributed by atoms with van der Waals surface area (Å²) in [5.41, 5.74) is 1.06. The summed E-state index contributed by atoms with van der Waals surface area (Å²) in [5, 5.41) is 5.27. The first-order valence-electron chi connectivity index (χ1n) is 8.22. The Bertz CT molecular complexity index is 876. The molecule has 0 aliphatic heterocycles. The summed E-state index contributed by atoms with van der Waals surface area (Å²) in [6.45, 7) is 2.20. The fourth-order valence-electron chi connectivity index (χ4n) is 2.61. The number of ether oxygens (including phenoxy) is 2. The van der Waals surface area contributed by atoms with E-state index in [4.69, 9.17) is 9.47 Å². The predicted molar refractivity (Wildman–Crippen MR) is 98.9 cm³/mol. The Balaban J connectivity index is 1.58. The highest BCUT2D eigenvalue weighted by Gasteiger charge is 2.14. The van der Waals surface area contributed by atoms with Gasteiger partial charge in [0.1, 0.15) is 11.5 Å². The molecule has 25 heavy (non-hydrogen) atoms. The van der Waals surface area contributed by atoms with Gasteiger partial charge in [-0.2, -0.15) is 0 Å². The average molecular weight is 335 g/mol. The van der Waals surface area contributed by atoms with Crippen molar-refractivity contribution in [3.05, 3.63) is 72.3 Å². The van der Waals surface area contributed by atoms with E-state index in [1.807, 2.05) is 30.3 Å². The number of carbonyl (C=O) groups excluding carboxylic acids is 1. The summed E-state index contributed by atoms with van der Waals surface area (Å²) < 4.78 is 10.8. The third-order valence-electron chi connectivity index (χ3n) is 4.00. The fraction of sp³-hybridized carbons (Fsp3) is 0.190. The molecule has 0 spiro atoms. The minimum Gasteiger partial charge on any atom is -0.497 e. The zero-order chi connectivity index (χ0) is 17.6. The maximum Gasteiger partial charge on any atom is 0.261 e. The van der Waals surface area contributed by atoms with Crippen molar-refractivity contribution < 1.29 is 14.3 Å². The Labute approximate surface area is 147 Å². The van der Waals surface area contributed by atoms with E-state index in [-0.39, 0.29) is 5.91 Å². The number of nitrogens with one attached hydrogen (secondary N) is 1. The molecule has 3 aromatic carbocycles. The molecule has 1 atom stereocenters. The van der Waals surface area contributed by atoms with Crippen molar-refractivity contribution in [1.82, 2.24) is 5.32 Å². The summed E-state index contributed by atoms with van der Waals surface area (Å²) in [4.78, 5) is 12.3. The molecule has 0 saturated heterocycles. The van der Waals surface area contributed by atoms with E-state index in [0.29, 0.717) is 18.0 Å². The number of carbonyl (C=O) groups is 1. The minimum atomic E-state index is -0.590. The molecule has 1 N–H and O–H groups in total. The highest BCUT2D eigenvalue weighted by Crippen LogP contribution is 2.20. The van der Waals surface area contributed by atoms with Crippen LogP contribution in [0.1, 0.15) is 12.5 Å². The van der Waals surface area contributed by atoms with Gasteiger partial charge in [0, 0.05) is 12.6 Å². The van der Waals surface area contributed by atoms with Crippen molar-refractivity contribution in [1.29, 1.82) is 0 Å². The number of hydrogen-bond donors (Lipinski definition) is 1. The number of rotatable bonds is 6. The van der Waals surface area contributed by atoms with E-state index in [0.717, 1.165) is 10.9 Å². The lowest BCUT2D eigenvalue weighted by Crippen LogP contribution is -2.35. The van der Waals surface area contributed by atoms with E-state index in [2.05, 4.69) is 29.6 Å². The average Bonchev–Trinajstić information content (AvgIpc) is 2.66. The second kappa shape index (κ2) is 7.71. The van der Waals surface area contributed by atoms with Crippen LogP contribution in [0, 0.1) is 0 Å². The molecule has 0 saturated carbocycles. The standard InChI is InChI=1S/C21H21NO3/c1-15(25-20-9-5-8-19(13-20)24-2)21(23)22-14-16-10-11-17-6-3-4-7-18(17)12-16/h3-13,15H,14H2,1-2H3,(H,22,23)/t15-/m0/s1. The molecule has 128 valence electrons. The van der Waals surface area contributed by atoms with Crippen molar-refractivity contribution in [2.24, 2.45) is 0 Å². The van der Waals surface area contributed by atoms with Crippen LogP contribution in [0.4, 0.5) is 0 Å². The maximum absolute atomic E-state index is 12.3. The van der Waals surface area contributed by atoms with Gasteiger partial charge in [-0.1, -0.05) is 42.5 Å². The first-order chi connectivity index (χ1) is 12.2. The molecular weight excluding hydrogens is 314 g/mol. The van der Waals surface area contributed by atoms with Gasteiger partial charge in [-0.15, -0.1) is 0 Å². The zero-order valence-electron chi connectivity index (χ0n) is 14.4. The third-order valence-corrected chi connectivity index (χ3v) is 4.00. The molecule has 0 radical (unpaired) electrons. The molecular formula is C21H21NO3. The molecule has 0 fully saturated rings. The van der Waals surface area contributed by atoms with Crippen LogP contribution in [0.3, 0.4) is 0 Å². The van der Waals surface area contributed by atoms with Crippen molar-refractivity contribution >= 4 is 16.7 Å². The van der Waals surface area contributed by atoms with Gasteiger partial charge in [0.25, 0.3) is 5.91 Å². The number of fused-ring (bicyclic) bond motifs is 1. The van der Waals surface area contributed by atoms with Gasteiger partial charge in [-0.3, -0.25) is 4.79 Å². The van der Waals surface area contributed by atoms with Gasteiger partial charge in [0.15, 0.2) is 6.10 Å². The molecule has 0 aliphatic rings. The number of methoxy groups -OCH3 is 1. The summed E-state index contributed by atoms with van der Waals surface area (Å²) in [6.07, 6.45) is -0.590. The van der Waals surface area contributed by atoms with Crippen molar-refractivity contribution in [3.63, 3.8) is 0 Å². The maximum atomic E-state index is 12.3. The van der Waals surface area contributed by atoms with Crippen molar-refractivity contribution in [2.75, 3.05) is 7.11 Å². The second-order valence-electron chi connectivity index (χ2n) is 5.84. The van der Waals surface area contributed by atoms with Crippen LogP contribution in [0.2, 0.25) is 0 Å². The second-order valence-corrected chi connectivity index (χ2v) is 5.84. The van der Waals surface area contributed by atoms with Crippen molar-refractivity contribution in [2.45, 2.75) is 19.6 Å². The fourth-order valence-corrected chi connectivity index (χ4v) is 2.61.